The van der Waals surface area contributed by atoms with Crippen LogP contribution in [0.25, 0.3) is 6.20 Å². The van der Waals surface area contributed by atoms with E-state index in [9.17, 15) is 9.18 Å². The first kappa shape index (κ1) is 15.6. The molecule has 2 aromatic rings. The highest BCUT2D eigenvalue weighted by atomic mass is 19.1. The third kappa shape index (κ3) is 2.96. The molecule has 0 fully saturated rings. The Labute approximate surface area is 143 Å². The third-order valence-corrected chi connectivity index (χ3v) is 4.27. The number of fused-ring (bicyclic) bond motifs is 2. The van der Waals surface area contributed by atoms with Crippen molar-refractivity contribution in [3.05, 3.63) is 47.4 Å². The fraction of sp³-hybridized carbons (Fsp3) is 0.294. The highest BCUT2D eigenvalue weighted by molar-refractivity contribution is 5.99. The maximum Gasteiger partial charge on any atom is 0.256 e. The molecule has 3 N–H and O–H groups in total. The zero-order chi connectivity index (χ0) is 17.4. The van der Waals surface area contributed by atoms with Crippen molar-refractivity contribution in [1.29, 1.82) is 0 Å². The number of benzene rings is 1. The smallest absolute Gasteiger partial charge is 0.256 e. The van der Waals surface area contributed by atoms with Crippen LogP contribution in [0, 0.1) is 5.82 Å². The van der Waals surface area contributed by atoms with E-state index in [1.54, 1.807) is 16.9 Å². The highest BCUT2D eigenvalue weighted by Gasteiger charge is 2.24. The second kappa shape index (κ2) is 6.21. The number of aromatic nitrogens is 2. The molecule has 0 radical (unpaired) electrons. The largest absolute Gasteiger partial charge is 0.491 e. The normalized spacial score (nSPS) is 22.4. The molecule has 2 aliphatic rings. The number of ether oxygens (including phenoxy) is 1. The number of rotatable bonds is 0. The van der Waals surface area contributed by atoms with Gasteiger partial charge < -0.3 is 15.4 Å². The average molecular weight is 343 g/mol. The van der Waals surface area contributed by atoms with Gasteiger partial charge in [0, 0.05) is 17.8 Å². The van der Waals surface area contributed by atoms with Gasteiger partial charge >= 0.3 is 0 Å². The molecule has 1 unspecified atom stereocenters. The maximum atomic E-state index is 13.7. The maximum absolute atomic E-state index is 13.7. The minimum absolute atomic E-state index is 0.171. The summed E-state index contributed by atoms with van der Waals surface area (Å²) < 4.78 is 21.1. The van der Waals surface area contributed by atoms with E-state index in [1.807, 2.05) is 13.0 Å². The van der Waals surface area contributed by atoms with Gasteiger partial charge in [-0.05, 0) is 31.2 Å². The number of hydrogen-bond donors (Lipinski definition) is 3. The molecule has 1 aromatic carbocycles. The van der Waals surface area contributed by atoms with Crippen molar-refractivity contribution < 1.29 is 13.9 Å². The molecule has 2 atom stereocenters. The Morgan fingerprint density at radius 1 is 1.40 bits per heavy atom. The first-order valence-electron chi connectivity index (χ1n) is 8.10. The Bertz CT molecular complexity index is 848. The van der Waals surface area contributed by atoms with Crippen LogP contribution in [0.3, 0.4) is 0 Å². The van der Waals surface area contributed by atoms with Crippen LogP contribution >= 0.6 is 0 Å². The van der Waals surface area contributed by atoms with Gasteiger partial charge in [-0.1, -0.05) is 0 Å². The molecule has 0 saturated carbocycles. The second-order valence-electron chi connectivity index (χ2n) is 5.99. The predicted molar refractivity (Wildman–Crippen MR) is 90.7 cm³/mol. The SMILES string of the molecule is C[C@H]1NC2C=Cn3ncc(c3N2)C(=O)NCCOc2ccc(F)cc21. The molecule has 25 heavy (non-hydrogen) atoms. The van der Waals surface area contributed by atoms with Gasteiger partial charge in [0.25, 0.3) is 5.91 Å². The predicted octanol–water partition coefficient (Wildman–Crippen LogP) is 1.72. The van der Waals surface area contributed by atoms with Gasteiger partial charge in [-0.15, -0.1) is 0 Å². The van der Waals surface area contributed by atoms with Crippen molar-refractivity contribution in [2.45, 2.75) is 19.1 Å². The summed E-state index contributed by atoms with van der Waals surface area (Å²) >= 11 is 0. The summed E-state index contributed by atoms with van der Waals surface area (Å²) in [5.41, 5.74) is 1.19. The zero-order valence-corrected chi connectivity index (χ0v) is 13.6. The molecule has 7 nitrogen and oxygen atoms in total. The molecule has 1 aromatic heterocycles. The third-order valence-electron chi connectivity index (χ3n) is 4.27. The standard InChI is InChI=1S/C17H18FN5O2/c1-10-12-8-11(18)2-3-14(12)25-7-5-19-17(24)13-9-20-23-6-4-15(21-10)22-16(13)23/h2-4,6,8-10,15,21-22H,5,7H2,1H3,(H,19,24)/t10-,15?/m1/s1. The van der Waals surface area contributed by atoms with Crippen LogP contribution in [0.5, 0.6) is 5.75 Å². The Morgan fingerprint density at radius 3 is 3.16 bits per heavy atom. The molecule has 0 aliphatic carbocycles. The Hall–Kier alpha value is -2.87. The summed E-state index contributed by atoms with van der Waals surface area (Å²) in [6.45, 7) is 2.56. The van der Waals surface area contributed by atoms with E-state index >= 15 is 0 Å². The summed E-state index contributed by atoms with van der Waals surface area (Å²) in [6.07, 6.45) is 4.97. The lowest BCUT2D eigenvalue weighted by Gasteiger charge is -2.26. The van der Waals surface area contributed by atoms with E-state index in [-0.39, 0.29) is 30.5 Å². The molecule has 1 amide bonds. The van der Waals surface area contributed by atoms with Crippen molar-refractivity contribution in [2.24, 2.45) is 0 Å². The van der Waals surface area contributed by atoms with Crippen molar-refractivity contribution in [2.75, 3.05) is 18.5 Å². The van der Waals surface area contributed by atoms with Gasteiger partial charge in [0.05, 0.1) is 18.9 Å². The summed E-state index contributed by atoms with van der Waals surface area (Å²) in [7, 11) is 0. The van der Waals surface area contributed by atoms with Crippen molar-refractivity contribution >= 4 is 17.9 Å². The van der Waals surface area contributed by atoms with Gasteiger partial charge in [0.1, 0.15) is 29.6 Å². The Kier molecular flexibility index (Phi) is 3.89. The molecule has 4 rings (SSSR count). The van der Waals surface area contributed by atoms with Crippen molar-refractivity contribution in [1.82, 2.24) is 20.4 Å². The first-order valence-corrected chi connectivity index (χ1v) is 8.10. The fourth-order valence-corrected chi connectivity index (χ4v) is 3.01. The Balaban J connectivity index is 1.70. The van der Waals surface area contributed by atoms with Crippen LogP contribution < -0.4 is 20.7 Å². The number of halogens is 1. The minimum Gasteiger partial charge on any atom is -0.491 e. The van der Waals surface area contributed by atoms with E-state index < -0.39 is 0 Å². The lowest BCUT2D eigenvalue weighted by molar-refractivity contribution is 0.0947. The van der Waals surface area contributed by atoms with Gasteiger partial charge in [-0.25, -0.2) is 9.07 Å². The van der Waals surface area contributed by atoms with E-state index in [0.29, 0.717) is 23.7 Å². The van der Waals surface area contributed by atoms with Gasteiger partial charge in [-0.3, -0.25) is 10.1 Å². The Morgan fingerprint density at radius 2 is 2.28 bits per heavy atom. The van der Waals surface area contributed by atoms with Crippen LogP contribution in [-0.2, 0) is 0 Å². The molecule has 2 bridgehead atoms. The van der Waals surface area contributed by atoms with Crippen molar-refractivity contribution in [3.63, 3.8) is 0 Å². The lowest BCUT2D eigenvalue weighted by atomic mass is 10.1. The van der Waals surface area contributed by atoms with Crippen LogP contribution in [0.2, 0.25) is 0 Å². The number of nitrogens with one attached hydrogen (secondary N) is 3. The quantitative estimate of drug-likeness (QED) is 0.679. The van der Waals surface area contributed by atoms with Crippen LogP contribution in [0.4, 0.5) is 10.2 Å². The second-order valence-corrected chi connectivity index (χ2v) is 5.99. The molecule has 130 valence electrons. The summed E-state index contributed by atoms with van der Waals surface area (Å²) in [5, 5.41) is 13.6. The number of carbonyl (C=O) groups excluding carboxylic acids is 1. The fourth-order valence-electron chi connectivity index (χ4n) is 3.01. The van der Waals surface area contributed by atoms with E-state index in [1.165, 1.54) is 18.3 Å². The van der Waals surface area contributed by atoms with Crippen LogP contribution in [0.1, 0.15) is 28.9 Å². The first-order chi connectivity index (χ1) is 12.1. The van der Waals surface area contributed by atoms with Gasteiger partial charge in [-0.2, -0.15) is 5.10 Å². The topological polar surface area (TPSA) is 80.2 Å². The van der Waals surface area contributed by atoms with Crippen LogP contribution in [-0.4, -0.2) is 35.0 Å². The molecule has 3 heterocycles. The number of amides is 1. The zero-order valence-electron chi connectivity index (χ0n) is 13.6. The van der Waals surface area contributed by atoms with Crippen LogP contribution in [0.15, 0.2) is 30.5 Å². The molecule has 2 aliphatic heterocycles. The number of hydrogen-bond acceptors (Lipinski definition) is 5. The summed E-state index contributed by atoms with van der Waals surface area (Å²) in [5.74, 6) is 0.668. The lowest BCUT2D eigenvalue weighted by Crippen LogP contribution is -2.39. The van der Waals surface area contributed by atoms with E-state index in [4.69, 9.17) is 4.74 Å². The molecule has 0 spiro atoms. The van der Waals surface area contributed by atoms with Gasteiger partial charge in [0.2, 0.25) is 0 Å². The average Bonchev–Trinajstić information content (AvgIpc) is 3.02. The molecule has 8 heteroatoms. The van der Waals surface area contributed by atoms with Gasteiger partial charge in [0.15, 0.2) is 0 Å². The minimum atomic E-state index is -0.318. The number of nitrogens with zero attached hydrogens (tertiary/aromatic N) is 2. The molecule has 0 saturated heterocycles. The van der Waals surface area contributed by atoms with E-state index in [2.05, 4.69) is 21.0 Å². The monoisotopic (exact) mass is 343 g/mol. The molecular weight excluding hydrogens is 325 g/mol. The summed E-state index contributed by atoms with van der Waals surface area (Å²) in [6, 6.07) is 4.27. The van der Waals surface area contributed by atoms with Crippen molar-refractivity contribution in [3.8, 4) is 5.75 Å². The highest BCUT2D eigenvalue weighted by Crippen LogP contribution is 2.28. The van der Waals surface area contributed by atoms with E-state index in [0.717, 1.165) is 5.56 Å². The number of carbonyl (C=O) groups is 1. The molecular formula is C17H18FN5O2. The summed E-state index contributed by atoms with van der Waals surface area (Å²) in [4.78, 5) is 12.4. The number of anilines is 1.